The summed E-state index contributed by atoms with van der Waals surface area (Å²) in [6.07, 6.45) is 3.40. The van der Waals surface area contributed by atoms with Crippen molar-refractivity contribution in [2.75, 3.05) is 5.73 Å². The van der Waals surface area contributed by atoms with Crippen molar-refractivity contribution in [3.8, 4) is 22.4 Å². The Kier molecular flexibility index (Phi) is 2.53. The number of aromatic amines is 1. The molecule has 3 rings (SSSR count). The van der Waals surface area contributed by atoms with Gasteiger partial charge >= 0.3 is 0 Å². The maximum absolute atomic E-state index is 5.87. The van der Waals surface area contributed by atoms with Crippen LogP contribution in [0, 0.1) is 0 Å². The number of nitrogens with zero attached hydrogens (tertiary/aromatic N) is 2. The first kappa shape index (κ1) is 10.9. The fourth-order valence-corrected chi connectivity index (χ4v) is 1.90. The molecular weight excluding hydrogens is 252 g/mol. The van der Waals surface area contributed by atoms with Crippen molar-refractivity contribution in [3.63, 3.8) is 0 Å². The number of benzene rings is 1. The Morgan fingerprint density at radius 3 is 2.61 bits per heavy atom. The van der Waals surface area contributed by atoms with Gasteiger partial charge in [0.15, 0.2) is 0 Å². The van der Waals surface area contributed by atoms with E-state index in [1.165, 1.54) is 0 Å². The van der Waals surface area contributed by atoms with Gasteiger partial charge in [-0.3, -0.25) is 5.10 Å². The Hall–Kier alpha value is -2.27. The third-order valence-electron chi connectivity index (χ3n) is 2.62. The van der Waals surface area contributed by atoms with Gasteiger partial charge in [-0.15, -0.1) is 0 Å². The van der Waals surface area contributed by atoms with Crippen molar-refractivity contribution < 1.29 is 4.52 Å². The molecule has 0 saturated carbocycles. The van der Waals surface area contributed by atoms with E-state index in [-0.39, 0.29) is 5.88 Å². The minimum Gasteiger partial charge on any atom is -0.367 e. The minimum absolute atomic E-state index is 0.272. The summed E-state index contributed by atoms with van der Waals surface area (Å²) in [5, 5.41) is 11.2. The highest BCUT2D eigenvalue weighted by Crippen LogP contribution is 2.35. The highest BCUT2D eigenvalue weighted by molar-refractivity contribution is 6.30. The van der Waals surface area contributed by atoms with Gasteiger partial charge in [-0.25, -0.2) is 0 Å². The second-order valence-electron chi connectivity index (χ2n) is 3.76. The summed E-state index contributed by atoms with van der Waals surface area (Å²) in [6, 6.07) is 7.33. The van der Waals surface area contributed by atoms with Crippen molar-refractivity contribution in [2.45, 2.75) is 0 Å². The molecule has 0 unspecified atom stereocenters. The molecule has 0 aliphatic rings. The quantitative estimate of drug-likeness (QED) is 0.742. The van der Waals surface area contributed by atoms with Gasteiger partial charge in [-0.05, 0) is 17.7 Å². The zero-order chi connectivity index (χ0) is 12.5. The van der Waals surface area contributed by atoms with Crippen LogP contribution in [0.1, 0.15) is 0 Å². The van der Waals surface area contributed by atoms with Crippen molar-refractivity contribution in [1.82, 2.24) is 15.4 Å². The lowest BCUT2D eigenvalue weighted by molar-refractivity contribution is 0.439. The van der Waals surface area contributed by atoms with Crippen LogP contribution >= 0.6 is 11.6 Å². The highest BCUT2D eigenvalue weighted by Gasteiger charge is 2.17. The summed E-state index contributed by atoms with van der Waals surface area (Å²) in [6.45, 7) is 0. The Balaban J connectivity index is 2.17. The van der Waals surface area contributed by atoms with Gasteiger partial charge in [-0.1, -0.05) is 28.9 Å². The lowest BCUT2D eigenvalue weighted by Gasteiger charge is -2.01. The molecule has 0 radical (unpaired) electrons. The summed E-state index contributed by atoms with van der Waals surface area (Å²) in [5.74, 6) is 0.272. The number of nitrogens with two attached hydrogens (primary N) is 1. The molecule has 3 N–H and O–H groups in total. The minimum atomic E-state index is 0.272. The van der Waals surface area contributed by atoms with Crippen LogP contribution in [0.25, 0.3) is 22.4 Å². The molecule has 0 atom stereocenters. The zero-order valence-electron chi connectivity index (χ0n) is 9.22. The molecule has 0 bridgehead atoms. The van der Waals surface area contributed by atoms with Gasteiger partial charge in [0.2, 0.25) is 5.88 Å². The van der Waals surface area contributed by atoms with Crippen LogP contribution in [-0.2, 0) is 0 Å². The standard InChI is InChI=1S/C12H9ClN4O/c13-9-3-1-7(2-4-9)10-11(17-18-12(10)14)8-5-15-16-6-8/h1-6H,14H2,(H,15,16). The number of H-pyrrole nitrogens is 1. The van der Waals surface area contributed by atoms with Gasteiger partial charge in [0.05, 0.1) is 11.8 Å². The average Bonchev–Trinajstić information content (AvgIpc) is 2.99. The third kappa shape index (κ3) is 1.74. The van der Waals surface area contributed by atoms with Crippen molar-refractivity contribution in [3.05, 3.63) is 41.7 Å². The molecule has 0 aliphatic heterocycles. The van der Waals surface area contributed by atoms with E-state index in [2.05, 4.69) is 15.4 Å². The lowest BCUT2D eigenvalue weighted by Crippen LogP contribution is -1.86. The molecule has 0 amide bonds. The second-order valence-corrected chi connectivity index (χ2v) is 4.20. The van der Waals surface area contributed by atoms with E-state index in [0.717, 1.165) is 16.7 Å². The molecule has 6 heteroatoms. The number of nitrogens with one attached hydrogen (secondary N) is 1. The van der Waals surface area contributed by atoms with E-state index in [9.17, 15) is 0 Å². The SMILES string of the molecule is Nc1onc(-c2cn[nH]c2)c1-c1ccc(Cl)cc1. The molecule has 5 nitrogen and oxygen atoms in total. The number of halogens is 1. The predicted octanol–water partition coefficient (Wildman–Crippen LogP) is 2.97. The second kappa shape index (κ2) is 4.19. The molecule has 0 aliphatic carbocycles. The molecular formula is C12H9ClN4O. The van der Waals surface area contributed by atoms with E-state index >= 15 is 0 Å². The fraction of sp³-hybridized carbons (Fsp3) is 0. The summed E-state index contributed by atoms with van der Waals surface area (Å²) in [4.78, 5) is 0. The molecule has 18 heavy (non-hydrogen) atoms. The van der Waals surface area contributed by atoms with Crippen LogP contribution in [0.4, 0.5) is 5.88 Å². The van der Waals surface area contributed by atoms with Crippen LogP contribution in [0.3, 0.4) is 0 Å². The monoisotopic (exact) mass is 260 g/mol. The maximum Gasteiger partial charge on any atom is 0.230 e. The third-order valence-corrected chi connectivity index (χ3v) is 2.88. The Labute approximate surface area is 108 Å². The summed E-state index contributed by atoms with van der Waals surface area (Å²) in [7, 11) is 0. The molecule has 90 valence electrons. The lowest BCUT2D eigenvalue weighted by atomic mass is 10.0. The fourth-order valence-electron chi connectivity index (χ4n) is 1.78. The van der Waals surface area contributed by atoms with Gasteiger partial charge in [-0.2, -0.15) is 5.10 Å². The number of anilines is 1. The molecule has 3 aromatic rings. The molecule has 1 aromatic carbocycles. The first-order valence-corrected chi connectivity index (χ1v) is 5.64. The van der Waals surface area contributed by atoms with E-state index in [4.69, 9.17) is 21.9 Å². The molecule has 0 spiro atoms. The molecule has 2 heterocycles. The number of nitrogen functional groups attached to an aromatic ring is 1. The number of hydrogen-bond donors (Lipinski definition) is 2. The molecule has 2 aromatic heterocycles. The van der Waals surface area contributed by atoms with Gasteiger partial charge in [0, 0.05) is 16.8 Å². The number of aromatic nitrogens is 3. The first-order chi connectivity index (χ1) is 8.75. The van der Waals surface area contributed by atoms with Crippen LogP contribution in [0.2, 0.25) is 5.02 Å². The zero-order valence-corrected chi connectivity index (χ0v) is 9.98. The highest BCUT2D eigenvalue weighted by atomic mass is 35.5. The van der Waals surface area contributed by atoms with Crippen molar-refractivity contribution in [1.29, 1.82) is 0 Å². The van der Waals surface area contributed by atoms with E-state index < -0.39 is 0 Å². The van der Waals surface area contributed by atoms with Gasteiger partial charge < -0.3 is 10.3 Å². The molecule has 0 saturated heterocycles. The van der Waals surface area contributed by atoms with Crippen LogP contribution in [0.15, 0.2) is 41.2 Å². The van der Waals surface area contributed by atoms with Crippen LogP contribution in [-0.4, -0.2) is 15.4 Å². The Bertz CT molecular complexity index is 658. The van der Waals surface area contributed by atoms with Gasteiger partial charge in [0.25, 0.3) is 0 Å². The largest absolute Gasteiger partial charge is 0.367 e. The summed E-state index contributed by atoms with van der Waals surface area (Å²) >= 11 is 5.87. The van der Waals surface area contributed by atoms with Crippen molar-refractivity contribution >= 4 is 17.5 Å². The van der Waals surface area contributed by atoms with E-state index in [1.54, 1.807) is 24.5 Å². The van der Waals surface area contributed by atoms with Crippen LogP contribution < -0.4 is 5.73 Å². The number of rotatable bonds is 2. The van der Waals surface area contributed by atoms with Crippen molar-refractivity contribution in [2.24, 2.45) is 0 Å². The topological polar surface area (TPSA) is 80.7 Å². The van der Waals surface area contributed by atoms with Crippen LogP contribution in [0.5, 0.6) is 0 Å². The summed E-state index contributed by atoms with van der Waals surface area (Å²) < 4.78 is 5.06. The summed E-state index contributed by atoms with van der Waals surface area (Å²) in [5.41, 5.74) is 8.94. The smallest absolute Gasteiger partial charge is 0.230 e. The molecule has 0 fully saturated rings. The predicted molar refractivity (Wildman–Crippen MR) is 68.9 cm³/mol. The maximum atomic E-state index is 5.87. The van der Waals surface area contributed by atoms with Gasteiger partial charge in [0.1, 0.15) is 5.69 Å². The van der Waals surface area contributed by atoms with E-state index in [0.29, 0.717) is 10.7 Å². The Morgan fingerprint density at radius 1 is 1.17 bits per heavy atom. The number of hydrogen-bond acceptors (Lipinski definition) is 4. The normalized spacial score (nSPS) is 10.7. The first-order valence-electron chi connectivity index (χ1n) is 5.26. The van der Waals surface area contributed by atoms with E-state index in [1.807, 2.05) is 12.1 Å². The average molecular weight is 261 g/mol. The Morgan fingerprint density at radius 2 is 1.94 bits per heavy atom.